The number of esters is 4. The quantitative estimate of drug-likeness (QED) is 0.211. The van der Waals surface area contributed by atoms with Crippen molar-refractivity contribution in [2.75, 3.05) is 28.4 Å². The summed E-state index contributed by atoms with van der Waals surface area (Å²) in [5.41, 5.74) is -1.34. The lowest BCUT2D eigenvalue weighted by Crippen LogP contribution is -2.19. The molecule has 0 aromatic rings. The minimum absolute atomic E-state index is 0.670. The van der Waals surface area contributed by atoms with Gasteiger partial charge >= 0.3 is 0 Å². The lowest BCUT2D eigenvalue weighted by atomic mass is 10.1. The molecule has 0 heterocycles. The topological polar surface area (TPSA) is 105 Å². The molecule has 0 aliphatic rings. The maximum Gasteiger partial charge on any atom is 0.257 e. The molecule has 0 aliphatic heterocycles. The summed E-state index contributed by atoms with van der Waals surface area (Å²) in [4.78, 5) is 45.4. The predicted octanol–water partition coefficient (Wildman–Crippen LogP) is -0.862. The average Bonchev–Trinajstić information content (AvgIpc) is 2.48. The van der Waals surface area contributed by atoms with Gasteiger partial charge in [0.05, 0.1) is 28.4 Å². The minimum Gasteiger partial charge on any atom is -0.531 e. The van der Waals surface area contributed by atoms with Crippen molar-refractivity contribution in [3.63, 3.8) is 0 Å². The van der Waals surface area contributed by atoms with Crippen molar-refractivity contribution < 1.29 is 38.1 Å². The van der Waals surface area contributed by atoms with Gasteiger partial charge in [-0.05, 0) is 0 Å². The molecule has 0 aromatic heterocycles. The predicted molar refractivity (Wildman–Crippen MR) is 61.6 cm³/mol. The van der Waals surface area contributed by atoms with Crippen molar-refractivity contribution in [3.05, 3.63) is 23.3 Å². The van der Waals surface area contributed by atoms with Crippen molar-refractivity contribution >= 4 is 23.9 Å². The zero-order valence-electron chi connectivity index (χ0n) is 11.3. The van der Waals surface area contributed by atoms with Crippen LogP contribution in [0.5, 0.6) is 0 Å². The molecule has 8 nitrogen and oxygen atoms in total. The SMILES string of the molecule is COC(=O)[C-]=C(C(=O)OC)C(=[C-]C(=O)OC)C(=O)OC. The van der Waals surface area contributed by atoms with E-state index >= 15 is 0 Å². The Morgan fingerprint density at radius 3 is 1.10 bits per heavy atom. The molecule has 0 amide bonds. The van der Waals surface area contributed by atoms with Gasteiger partial charge < -0.3 is 28.5 Å². The van der Waals surface area contributed by atoms with Gasteiger partial charge in [0.15, 0.2) is 11.9 Å². The van der Waals surface area contributed by atoms with Crippen LogP contribution in [0.3, 0.4) is 0 Å². The zero-order chi connectivity index (χ0) is 15.7. The van der Waals surface area contributed by atoms with Crippen molar-refractivity contribution in [2.24, 2.45) is 0 Å². The maximum atomic E-state index is 11.5. The second-order valence-electron chi connectivity index (χ2n) is 2.97. The number of ether oxygens (including phenoxy) is 4. The number of carbonyl (C=O) groups is 4. The number of carbonyl (C=O) groups excluding carboxylic acids is 4. The van der Waals surface area contributed by atoms with Gasteiger partial charge in [0.2, 0.25) is 0 Å². The molecule has 110 valence electrons. The highest BCUT2D eigenvalue weighted by atomic mass is 16.5. The molecular formula is C12H12O8-2. The van der Waals surface area contributed by atoms with Crippen LogP contribution in [-0.2, 0) is 38.1 Å². The molecule has 0 rings (SSSR count). The fraction of sp³-hybridized carbons (Fsp3) is 0.333. The first-order valence-electron chi connectivity index (χ1n) is 5.02. The smallest absolute Gasteiger partial charge is 0.257 e. The van der Waals surface area contributed by atoms with Gasteiger partial charge in [-0.1, -0.05) is 0 Å². The van der Waals surface area contributed by atoms with Crippen molar-refractivity contribution in [2.45, 2.75) is 0 Å². The Kier molecular flexibility index (Phi) is 7.34. The first kappa shape index (κ1) is 17.4. The fourth-order valence-electron chi connectivity index (χ4n) is 0.941. The van der Waals surface area contributed by atoms with E-state index < -0.39 is 35.0 Å². The highest BCUT2D eigenvalue weighted by Crippen LogP contribution is 2.13. The molecule has 0 N–H and O–H groups in total. The second kappa shape index (κ2) is 8.46. The van der Waals surface area contributed by atoms with Gasteiger partial charge in [0.1, 0.15) is 0 Å². The van der Waals surface area contributed by atoms with Gasteiger partial charge in [0, 0.05) is 0 Å². The van der Waals surface area contributed by atoms with Crippen LogP contribution in [0.25, 0.3) is 0 Å². The van der Waals surface area contributed by atoms with Gasteiger partial charge in [-0.15, -0.1) is 12.2 Å². The van der Waals surface area contributed by atoms with Gasteiger partial charge in [0.25, 0.3) is 11.9 Å². The Balaban J connectivity index is 5.89. The van der Waals surface area contributed by atoms with E-state index in [-0.39, 0.29) is 0 Å². The lowest BCUT2D eigenvalue weighted by molar-refractivity contribution is -0.141. The Labute approximate surface area is 114 Å². The summed E-state index contributed by atoms with van der Waals surface area (Å²) in [7, 11) is 4.09. The lowest BCUT2D eigenvalue weighted by Gasteiger charge is -2.26. The van der Waals surface area contributed by atoms with Gasteiger partial charge in [-0.3, -0.25) is 9.59 Å². The summed E-state index contributed by atoms with van der Waals surface area (Å²) in [5.74, 6) is -4.32. The van der Waals surface area contributed by atoms with E-state index in [1.165, 1.54) is 0 Å². The summed E-state index contributed by atoms with van der Waals surface area (Å²) in [6.45, 7) is 0. The molecule has 0 fully saturated rings. The summed E-state index contributed by atoms with van der Waals surface area (Å²) in [6.07, 6.45) is 3.87. The minimum atomic E-state index is -1.10. The number of hydrogen-bond donors (Lipinski definition) is 0. The molecule has 0 saturated carbocycles. The van der Waals surface area contributed by atoms with Crippen LogP contribution in [0, 0.1) is 12.2 Å². The molecule has 0 aliphatic carbocycles. The van der Waals surface area contributed by atoms with Crippen LogP contribution in [0.4, 0.5) is 0 Å². The van der Waals surface area contributed by atoms with Gasteiger partial charge in [-0.25, -0.2) is 11.1 Å². The van der Waals surface area contributed by atoms with E-state index in [9.17, 15) is 19.2 Å². The standard InChI is InChI=1S/C12H12O8/c1-17-9(13)5-7(11(15)19-3)8(12(16)20-4)6-10(14)18-2/h1-4H3/q-2. The van der Waals surface area contributed by atoms with Crippen LogP contribution in [0.2, 0.25) is 0 Å². The molecule has 0 atom stereocenters. The van der Waals surface area contributed by atoms with E-state index in [0.29, 0.717) is 0 Å². The maximum absolute atomic E-state index is 11.5. The van der Waals surface area contributed by atoms with Crippen LogP contribution < -0.4 is 0 Å². The first-order valence-corrected chi connectivity index (χ1v) is 5.02. The van der Waals surface area contributed by atoms with Crippen LogP contribution in [0.1, 0.15) is 0 Å². The van der Waals surface area contributed by atoms with Crippen LogP contribution >= 0.6 is 0 Å². The Morgan fingerprint density at radius 2 is 0.900 bits per heavy atom. The molecule has 20 heavy (non-hydrogen) atoms. The monoisotopic (exact) mass is 284 g/mol. The van der Waals surface area contributed by atoms with E-state index in [0.717, 1.165) is 28.4 Å². The van der Waals surface area contributed by atoms with E-state index in [1.807, 2.05) is 12.2 Å². The summed E-state index contributed by atoms with van der Waals surface area (Å²) < 4.78 is 17.3. The molecule has 0 unspecified atom stereocenters. The average molecular weight is 284 g/mol. The third-order valence-corrected chi connectivity index (χ3v) is 1.85. The fourth-order valence-corrected chi connectivity index (χ4v) is 0.941. The van der Waals surface area contributed by atoms with E-state index in [4.69, 9.17) is 0 Å². The zero-order valence-corrected chi connectivity index (χ0v) is 11.3. The molecule has 0 aromatic carbocycles. The second-order valence-corrected chi connectivity index (χ2v) is 2.97. The third kappa shape index (κ3) is 4.92. The van der Waals surface area contributed by atoms with Crippen LogP contribution in [0.15, 0.2) is 11.1 Å². The van der Waals surface area contributed by atoms with Crippen molar-refractivity contribution in [1.82, 2.24) is 0 Å². The van der Waals surface area contributed by atoms with E-state index in [1.54, 1.807) is 0 Å². The number of methoxy groups -OCH3 is 4. The molecule has 0 bridgehead atoms. The van der Waals surface area contributed by atoms with Crippen LogP contribution in [-0.4, -0.2) is 52.3 Å². The molecule has 0 radical (unpaired) electrons. The first-order chi connectivity index (χ1) is 9.40. The normalized spacial score (nSPS) is 11.4. The number of rotatable bonds is 5. The van der Waals surface area contributed by atoms with Gasteiger partial charge in [-0.2, -0.15) is 0 Å². The molecule has 0 saturated heterocycles. The molecule has 8 heteroatoms. The van der Waals surface area contributed by atoms with Crippen molar-refractivity contribution in [3.8, 4) is 0 Å². The summed E-state index contributed by atoms with van der Waals surface area (Å²) >= 11 is 0. The summed E-state index contributed by atoms with van der Waals surface area (Å²) in [5, 5.41) is 0. The Hall–Kier alpha value is -2.64. The third-order valence-electron chi connectivity index (χ3n) is 1.85. The Morgan fingerprint density at radius 1 is 0.600 bits per heavy atom. The molecule has 0 spiro atoms. The largest absolute Gasteiger partial charge is 0.531 e. The van der Waals surface area contributed by atoms with E-state index in [2.05, 4.69) is 18.9 Å². The molecular weight excluding hydrogens is 272 g/mol. The van der Waals surface area contributed by atoms with Crippen molar-refractivity contribution in [1.29, 1.82) is 0 Å². The highest BCUT2D eigenvalue weighted by Gasteiger charge is 2.05. The highest BCUT2D eigenvalue weighted by molar-refractivity contribution is 6.10. The number of hydrogen-bond acceptors (Lipinski definition) is 8. The summed E-state index contributed by atoms with van der Waals surface area (Å²) in [6, 6.07) is 0. The Bertz CT molecular complexity index is 428.